The molecule has 0 aromatic carbocycles. The van der Waals surface area contributed by atoms with E-state index in [0.29, 0.717) is 5.41 Å². The van der Waals surface area contributed by atoms with Gasteiger partial charge in [-0.15, -0.1) is 0 Å². The summed E-state index contributed by atoms with van der Waals surface area (Å²) in [7, 11) is 0. The lowest BCUT2D eigenvalue weighted by atomic mass is 9.65. The summed E-state index contributed by atoms with van der Waals surface area (Å²) in [5.74, 6) is 2.89. The van der Waals surface area contributed by atoms with Gasteiger partial charge in [0.1, 0.15) is 0 Å². The molecule has 108 valence electrons. The van der Waals surface area contributed by atoms with Gasteiger partial charge in [0.25, 0.3) is 0 Å². The summed E-state index contributed by atoms with van der Waals surface area (Å²) in [6.45, 7) is 0. The normalized spacial score (nSPS) is 43.1. The Kier molecular flexibility index (Phi) is 2.99. The molecular weight excluding hydrogens is 232 g/mol. The average Bonchev–Trinajstić information content (AvgIpc) is 3.11. The van der Waals surface area contributed by atoms with Gasteiger partial charge in [-0.3, -0.25) is 0 Å². The van der Waals surface area contributed by atoms with E-state index in [1.165, 1.54) is 64.2 Å². The number of hydrogen-bond donors (Lipinski definition) is 1. The van der Waals surface area contributed by atoms with Crippen LogP contribution < -0.4 is 0 Å². The molecule has 4 aliphatic carbocycles. The van der Waals surface area contributed by atoms with Gasteiger partial charge in [-0.2, -0.15) is 0 Å². The van der Waals surface area contributed by atoms with Crippen LogP contribution in [0.2, 0.25) is 0 Å². The summed E-state index contributed by atoms with van der Waals surface area (Å²) >= 11 is 0. The second kappa shape index (κ2) is 4.48. The first-order valence-corrected chi connectivity index (χ1v) is 8.89. The van der Waals surface area contributed by atoms with Crippen molar-refractivity contribution in [3.63, 3.8) is 0 Å². The number of aliphatic hydroxyl groups is 1. The molecule has 0 amide bonds. The maximum absolute atomic E-state index is 11.0. The molecule has 1 nitrogen and oxygen atoms in total. The third-order valence-corrected chi connectivity index (χ3v) is 7.43. The van der Waals surface area contributed by atoms with Gasteiger partial charge < -0.3 is 5.11 Å². The second-order valence-corrected chi connectivity index (χ2v) is 8.57. The van der Waals surface area contributed by atoms with E-state index >= 15 is 0 Å². The predicted molar refractivity (Wildman–Crippen MR) is 77.9 cm³/mol. The van der Waals surface area contributed by atoms with Crippen LogP contribution in [0.3, 0.4) is 0 Å². The first-order valence-electron chi connectivity index (χ1n) is 8.89. The second-order valence-electron chi connectivity index (χ2n) is 8.57. The van der Waals surface area contributed by atoms with E-state index in [4.69, 9.17) is 0 Å². The zero-order valence-corrected chi connectivity index (χ0v) is 12.4. The van der Waals surface area contributed by atoms with Gasteiger partial charge in [0.05, 0.1) is 5.60 Å². The van der Waals surface area contributed by atoms with Crippen molar-refractivity contribution in [3.05, 3.63) is 0 Å². The fraction of sp³-hybridized carbons (Fsp3) is 1.00. The van der Waals surface area contributed by atoms with Crippen molar-refractivity contribution in [2.45, 2.75) is 89.1 Å². The minimum Gasteiger partial charge on any atom is -0.390 e. The zero-order valence-electron chi connectivity index (χ0n) is 12.4. The monoisotopic (exact) mass is 262 g/mol. The van der Waals surface area contributed by atoms with E-state index in [-0.39, 0.29) is 5.60 Å². The van der Waals surface area contributed by atoms with E-state index < -0.39 is 0 Å². The minimum atomic E-state index is -0.275. The summed E-state index contributed by atoms with van der Waals surface area (Å²) < 4.78 is 0. The van der Waals surface area contributed by atoms with Gasteiger partial charge in [-0.25, -0.2) is 0 Å². The van der Waals surface area contributed by atoms with Gasteiger partial charge >= 0.3 is 0 Å². The molecule has 0 saturated heterocycles. The summed E-state index contributed by atoms with van der Waals surface area (Å²) in [4.78, 5) is 0. The van der Waals surface area contributed by atoms with Crippen molar-refractivity contribution in [2.24, 2.45) is 23.2 Å². The number of fused-ring (bicyclic) bond motifs is 2. The first-order chi connectivity index (χ1) is 9.17. The molecule has 0 heterocycles. The summed E-state index contributed by atoms with van der Waals surface area (Å²) in [6, 6.07) is 0. The van der Waals surface area contributed by atoms with E-state index in [1.807, 2.05) is 0 Å². The Bertz CT molecular complexity index is 332. The lowest BCUT2D eigenvalue weighted by Gasteiger charge is -2.44. The Labute approximate surface area is 118 Å². The maximum atomic E-state index is 11.0. The van der Waals surface area contributed by atoms with Crippen LogP contribution in [0.25, 0.3) is 0 Å². The van der Waals surface area contributed by atoms with Gasteiger partial charge in [-0.05, 0) is 87.4 Å². The zero-order chi connectivity index (χ0) is 12.9. The van der Waals surface area contributed by atoms with Crippen molar-refractivity contribution in [1.82, 2.24) is 0 Å². The Morgan fingerprint density at radius 1 is 0.842 bits per heavy atom. The number of hydrogen-bond acceptors (Lipinski definition) is 1. The van der Waals surface area contributed by atoms with Crippen molar-refractivity contribution in [1.29, 1.82) is 0 Å². The lowest BCUT2D eigenvalue weighted by Crippen LogP contribution is -2.40. The molecule has 4 aliphatic rings. The largest absolute Gasteiger partial charge is 0.390 e. The molecule has 19 heavy (non-hydrogen) atoms. The molecule has 1 spiro atoms. The van der Waals surface area contributed by atoms with Gasteiger partial charge in [0.15, 0.2) is 0 Å². The molecule has 0 aromatic rings. The molecule has 3 atom stereocenters. The molecule has 1 N–H and O–H groups in total. The number of rotatable bonds is 2. The quantitative estimate of drug-likeness (QED) is 0.766. The van der Waals surface area contributed by atoms with Crippen LogP contribution in [0, 0.1) is 23.2 Å². The van der Waals surface area contributed by atoms with E-state index in [1.54, 1.807) is 0 Å². The average molecular weight is 262 g/mol. The molecule has 4 rings (SSSR count). The maximum Gasteiger partial charge on any atom is 0.0651 e. The molecule has 4 fully saturated rings. The van der Waals surface area contributed by atoms with Gasteiger partial charge in [-0.1, -0.05) is 19.3 Å². The van der Waals surface area contributed by atoms with Crippen LogP contribution in [-0.2, 0) is 0 Å². The van der Waals surface area contributed by atoms with Crippen molar-refractivity contribution >= 4 is 0 Å². The van der Waals surface area contributed by atoms with Crippen molar-refractivity contribution in [2.75, 3.05) is 0 Å². The minimum absolute atomic E-state index is 0.275. The molecule has 0 radical (unpaired) electrons. The molecule has 3 unspecified atom stereocenters. The SMILES string of the molecule is OC1(CC2CC3CCC2C3)CCC2(CCCC2)CC1. The fourth-order valence-corrected chi connectivity index (χ4v) is 6.19. The van der Waals surface area contributed by atoms with Crippen LogP contribution in [0.1, 0.15) is 83.5 Å². The van der Waals surface area contributed by atoms with E-state index in [9.17, 15) is 5.11 Å². The lowest BCUT2D eigenvalue weighted by molar-refractivity contribution is -0.0543. The van der Waals surface area contributed by atoms with Crippen LogP contribution in [0.15, 0.2) is 0 Å². The topological polar surface area (TPSA) is 20.2 Å². The van der Waals surface area contributed by atoms with Crippen molar-refractivity contribution < 1.29 is 5.11 Å². The van der Waals surface area contributed by atoms with Crippen LogP contribution in [-0.4, -0.2) is 10.7 Å². The summed E-state index contributed by atoms with van der Waals surface area (Å²) in [5, 5.41) is 11.0. The molecule has 1 heteroatoms. The smallest absolute Gasteiger partial charge is 0.0651 e. The van der Waals surface area contributed by atoms with Gasteiger partial charge in [0, 0.05) is 0 Å². The standard InChI is InChI=1S/C18H30O/c19-18(13-16-12-14-3-4-15(16)11-14)9-7-17(8-10-18)5-1-2-6-17/h14-16,19H,1-13H2. The first kappa shape index (κ1) is 12.7. The molecule has 4 saturated carbocycles. The predicted octanol–water partition coefficient (Wildman–Crippen LogP) is 4.68. The Morgan fingerprint density at radius 3 is 2.16 bits per heavy atom. The van der Waals surface area contributed by atoms with Crippen LogP contribution in [0.4, 0.5) is 0 Å². The highest BCUT2D eigenvalue weighted by molar-refractivity contribution is 4.99. The summed E-state index contributed by atoms with van der Waals surface area (Å²) in [5.41, 5.74) is 0.393. The fourth-order valence-electron chi connectivity index (χ4n) is 6.19. The Morgan fingerprint density at radius 2 is 1.58 bits per heavy atom. The Hall–Kier alpha value is -0.0400. The Balaban J connectivity index is 1.36. The van der Waals surface area contributed by atoms with E-state index in [0.717, 1.165) is 37.0 Å². The highest BCUT2D eigenvalue weighted by atomic mass is 16.3. The van der Waals surface area contributed by atoms with Crippen LogP contribution >= 0.6 is 0 Å². The van der Waals surface area contributed by atoms with Gasteiger partial charge in [0.2, 0.25) is 0 Å². The van der Waals surface area contributed by atoms with E-state index in [2.05, 4.69) is 0 Å². The molecule has 0 aliphatic heterocycles. The molecular formula is C18H30O. The van der Waals surface area contributed by atoms with Crippen LogP contribution in [0.5, 0.6) is 0 Å². The molecule has 0 aromatic heterocycles. The third kappa shape index (κ3) is 2.26. The van der Waals surface area contributed by atoms with Crippen molar-refractivity contribution in [3.8, 4) is 0 Å². The highest BCUT2D eigenvalue weighted by Gasteiger charge is 2.47. The third-order valence-electron chi connectivity index (χ3n) is 7.43. The highest BCUT2D eigenvalue weighted by Crippen LogP contribution is 2.55. The molecule has 2 bridgehead atoms. The summed E-state index contributed by atoms with van der Waals surface area (Å²) in [6.07, 6.45) is 17.7.